The molecule has 1 aliphatic heterocycles. The summed E-state index contributed by atoms with van der Waals surface area (Å²) < 4.78 is 22.3. The maximum Gasteiger partial charge on any atom is 0.330 e. The van der Waals surface area contributed by atoms with Gasteiger partial charge in [0.2, 0.25) is 0 Å². The quantitative estimate of drug-likeness (QED) is 0.191. The molecule has 0 aromatic carbocycles. The highest BCUT2D eigenvalue weighted by molar-refractivity contribution is 7.40. The van der Waals surface area contributed by atoms with Gasteiger partial charge in [0.25, 0.3) is 5.56 Å². The molecule has 1 fully saturated rings. The van der Waals surface area contributed by atoms with Gasteiger partial charge in [-0.25, -0.2) is 4.79 Å². The molecule has 1 aromatic rings. The van der Waals surface area contributed by atoms with Gasteiger partial charge in [0, 0.05) is 33.5 Å². The van der Waals surface area contributed by atoms with Crippen LogP contribution >= 0.6 is 8.60 Å². The predicted octanol–water partition coefficient (Wildman–Crippen LogP) is 1.20. The number of aromatic amines is 1. The van der Waals surface area contributed by atoms with Gasteiger partial charge in [0.05, 0.1) is 25.7 Å². The van der Waals surface area contributed by atoms with E-state index in [4.69, 9.17) is 23.8 Å². The third kappa shape index (κ3) is 11.5. The van der Waals surface area contributed by atoms with Crippen molar-refractivity contribution in [3.63, 3.8) is 0 Å². The summed E-state index contributed by atoms with van der Waals surface area (Å²) in [5, 5.41) is 8.43. The fraction of sp³-hybridized carbons (Fsp3) is 0.714. The van der Waals surface area contributed by atoms with Crippen molar-refractivity contribution in [1.29, 1.82) is 5.26 Å². The molecule has 0 amide bonds. The van der Waals surface area contributed by atoms with Crippen LogP contribution in [0.4, 0.5) is 0 Å². The Morgan fingerprint density at radius 1 is 1.31 bits per heavy atom. The van der Waals surface area contributed by atoms with Gasteiger partial charge >= 0.3 is 20.3 Å². The lowest BCUT2D eigenvalue weighted by Crippen LogP contribution is -2.33. The zero-order valence-electron chi connectivity index (χ0n) is 20.9. The fourth-order valence-corrected chi connectivity index (χ4v) is 3.77. The van der Waals surface area contributed by atoms with Gasteiger partial charge in [0.1, 0.15) is 18.4 Å². The van der Waals surface area contributed by atoms with E-state index in [9.17, 15) is 19.3 Å². The molecule has 14 heteroatoms. The number of carbonyl (C=O) groups is 1. The molecule has 0 saturated carbocycles. The lowest BCUT2D eigenvalue weighted by molar-refractivity contribution is -0.150. The molecule has 35 heavy (non-hydrogen) atoms. The molecule has 3 radical (unpaired) electrons. The molecule has 1 saturated heterocycles. The molecule has 2 rings (SSSR count). The van der Waals surface area contributed by atoms with E-state index in [0.717, 1.165) is 0 Å². The number of carbonyl (C=O) groups excluding carboxylic acids is 1. The number of H-pyrrole nitrogens is 1. The van der Waals surface area contributed by atoms with E-state index >= 15 is 0 Å². The Balaban J connectivity index is 0.00000126. The Labute approximate surface area is 208 Å². The van der Waals surface area contributed by atoms with Crippen LogP contribution in [0.15, 0.2) is 15.8 Å². The van der Waals surface area contributed by atoms with E-state index in [0.29, 0.717) is 5.56 Å². The van der Waals surface area contributed by atoms with Crippen molar-refractivity contribution < 1.29 is 28.2 Å². The lowest BCUT2D eigenvalue weighted by Gasteiger charge is -2.19. The van der Waals surface area contributed by atoms with Crippen LogP contribution in [-0.2, 0) is 23.3 Å². The summed E-state index contributed by atoms with van der Waals surface area (Å²) in [6, 6.07) is 1.87. The summed E-state index contributed by atoms with van der Waals surface area (Å²) >= 11 is 0. The molecule has 195 valence electrons. The van der Waals surface area contributed by atoms with Crippen molar-refractivity contribution in [2.45, 2.75) is 65.9 Å². The first-order valence-corrected chi connectivity index (χ1v) is 12.3. The molecular formula is C21H35BN4O8P. The number of ether oxygens (including phenoxy) is 2. The molecule has 0 aliphatic carbocycles. The highest BCUT2D eigenvalue weighted by Gasteiger charge is 2.39. The Morgan fingerprint density at radius 3 is 2.46 bits per heavy atom. The monoisotopic (exact) mass is 513 g/mol. The SMILES string of the molecule is CC(=O)O[C@H]1C[C@H](n2cc(C)c(=O)[nH]c2=O)O[C@@H]1COP(O)OCCC#N.CCN(CC)CC.[B]. The van der Waals surface area contributed by atoms with E-state index in [1.54, 1.807) is 6.92 Å². The van der Waals surface area contributed by atoms with Crippen LogP contribution < -0.4 is 11.2 Å². The minimum atomic E-state index is -2.22. The summed E-state index contributed by atoms with van der Waals surface area (Å²) in [6.07, 6.45) is -0.615. The molecule has 2 N–H and O–H groups in total. The second kappa shape index (κ2) is 17.4. The van der Waals surface area contributed by atoms with Gasteiger partial charge in [-0.2, -0.15) is 5.26 Å². The second-order valence-electron chi connectivity index (χ2n) is 7.39. The first-order valence-electron chi connectivity index (χ1n) is 11.2. The van der Waals surface area contributed by atoms with E-state index in [1.165, 1.54) is 37.3 Å². The van der Waals surface area contributed by atoms with Gasteiger partial charge in [-0.1, -0.05) is 20.8 Å². The van der Waals surface area contributed by atoms with E-state index in [2.05, 4.69) is 30.7 Å². The van der Waals surface area contributed by atoms with Crippen molar-refractivity contribution in [3.05, 3.63) is 32.6 Å². The summed E-state index contributed by atoms with van der Waals surface area (Å²) in [7, 11) is -2.22. The summed E-state index contributed by atoms with van der Waals surface area (Å²) in [5.41, 5.74) is -0.819. The van der Waals surface area contributed by atoms with Crippen LogP contribution in [0.1, 0.15) is 52.3 Å². The highest BCUT2D eigenvalue weighted by atomic mass is 31.2. The van der Waals surface area contributed by atoms with Crippen LogP contribution in [0, 0.1) is 18.3 Å². The van der Waals surface area contributed by atoms with Crippen LogP contribution in [0.5, 0.6) is 0 Å². The average molecular weight is 513 g/mol. The molecule has 4 atom stereocenters. The van der Waals surface area contributed by atoms with Crippen molar-refractivity contribution in [2.24, 2.45) is 0 Å². The number of hydrogen-bond donors (Lipinski definition) is 2. The number of hydrogen-bond acceptors (Lipinski definition) is 10. The highest BCUT2D eigenvalue weighted by Crippen LogP contribution is 2.36. The summed E-state index contributed by atoms with van der Waals surface area (Å²) in [4.78, 5) is 49.1. The molecule has 12 nitrogen and oxygen atoms in total. The van der Waals surface area contributed by atoms with Crippen molar-refractivity contribution >= 4 is 23.0 Å². The van der Waals surface area contributed by atoms with Crippen LogP contribution in [0.2, 0.25) is 0 Å². The molecule has 2 heterocycles. The number of nitrogens with zero attached hydrogens (tertiary/aromatic N) is 3. The number of esters is 1. The zero-order chi connectivity index (χ0) is 25.7. The average Bonchev–Trinajstić information content (AvgIpc) is 3.18. The van der Waals surface area contributed by atoms with Crippen molar-refractivity contribution in [3.8, 4) is 6.07 Å². The molecule has 1 aliphatic rings. The van der Waals surface area contributed by atoms with Crippen LogP contribution in [0.3, 0.4) is 0 Å². The third-order valence-corrected chi connectivity index (χ3v) is 5.83. The zero-order valence-corrected chi connectivity index (χ0v) is 21.8. The lowest BCUT2D eigenvalue weighted by atomic mass is 10.2. The molecular weight excluding hydrogens is 478 g/mol. The van der Waals surface area contributed by atoms with Gasteiger partial charge in [-0.15, -0.1) is 0 Å². The topological polar surface area (TPSA) is 156 Å². The third-order valence-electron chi connectivity index (χ3n) is 5.06. The normalized spacial score (nSPS) is 19.8. The van der Waals surface area contributed by atoms with Crippen molar-refractivity contribution in [1.82, 2.24) is 14.5 Å². The Bertz CT molecular complexity index is 912. The van der Waals surface area contributed by atoms with E-state index in [-0.39, 0.29) is 34.5 Å². The standard InChI is InChI=1S/C15H20N3O8P.C6H15N.B/c1-9-7-18(15(21)17-14(9)20)13-6-11(25-10(2)19)12(26-13)8-24-27(22)23-5-3-4-16;1-4-7(5-2)6-3;/h7,11-13,22H,3,5-6,8H2,1-2H3,(H,17,20,21);4-6H2,1-3H3;/t11-,12+,13+,27?;;/m0../s1. The number of nitrogens with one attached hydrogen (secondary N) is 1. The number of rotatable bonds is 11. The Morgan fingerprint density at radius 2 is 1.94 bits per heavy atom. The molecule has 1 aromatic heterocycles. The van der Waals surface area contributed by atoms with Gasteiger partial charge < -0.3 is 28.3 Å². The van der Waals surface area contributed by atoms with Crippen LogP contribution in [0.25, 0.3) is 0 Å². The largest absolute Gasteiger partial charge is 0.460 e. The minimum Gasteiger partial charge on any atom is -0.460 e. The summed E-state index contributed by atoms with van der Waals surface area (Å²) in [6.45, 7) is 12.8. The predicted molar refractivity (Wildman–Crippen MR) is 131 cm³/mol. The number of aromatic nitrogens is 2. The maximum absolute atomic E-state index is 12.0. The molecule has 0 spiro atoms. The first-order chi connectivity index (χ1) is 16.2. The first kappa shape index (κ1) is 32.9. The van der Waals surface area contributed by atoms with Gasteiger partial charge in [-0.05, 0) is 26.6 Å². The van der Waals surface area contributed by atoms with Gasteiger partial charge in [0.15, 0.2) is 0 Å². The number of aryl methyl sites for hydroxylation is 1. The smallest absolute Gasteiger partial charge is 0.330 e. The van der Waals surface area contributed by atoms with E-state index in [1.807, 2.05) is 6.07 Å². The van der Waals surface area contributed by atoms with E-state index < -0.39 is 44.3 Å². The maximum atomic E-state index is 12.0. The summed E-state index contributed by atoms with van der Waals surface area (Å²) in [5.74, 6) is -0.532. The number of nitriles is 1. The Hall–Kier alpha value is -2.07. The molecule has 1 unspecified atom stereocenters. The minimum absolute atomic E-state index is 0. The van der Waals surface area contributed by atoms with Gasteiger partial charge in [-0.3, -0.25) is 19.1 Å². The Kier molecular flexibility index (Phi) is 16.4. The van der Waals surface area contributed by atoms with Crippen molar-refractivity contribution in [2.75, 3.05) is 32.8 Å². The fourth-order valence-electron chi connectivity index (χ4n) is 3.17. The second-order valence-corrected chi connectivity index (χ2v) is 8.38. The van der Waals surface area contributed by atoms with Crippen LogP contribution in [-0.4, -0.2) is 78.8 Å². The molecule has 0 bridgehead atoms.